The van der Waals surface area contributed by atoms with Gasteiger partial charge in [-0.15, -0.1) is 0 Å². The quantitative estimate of drug-likeness (QED) is 0.529. The van der Waals surface area contributed by atoms with Gasteiger partial charge in [-0.2, -0.15) is 10.2 Å². The summed E-state index contributed by atoms with van der Waals surface area (Å²) in [6.07, 6.45) is 2.02. The average molecular weight is 474 g/mol. The molecule has 0 unspecified atom stereocenters. The van der Waals surface area contributed by atoms with Crippen molar-refractivity contribution in [2.45, 2.75) is 40.3 Å². The van der Waals surface area contributed by atoms with Gasteiger partial charge >= 0.3 is 5.97 Å². The maximum absolute atomic E-state index is 12.5. The van der Waals surface area contributed by atoms with Gasteiger partial charge in [-0.1, -0.05) is 18.2 Å². The Bertz CT molecular complexity index is 1090. The van der Waals surface area contributed by atoms with Gasteiger partial charge in [0, 0.05) is 12.1 Å². The summed E-state index contributed by atoms with van der Waals surface area (Å²) in [4.78, 5) is 24.5. The molecule has 8 nitrogen and oxygen atoms in total. The van der Waals surface area contributed by atoms with Gasteiger partial charge in [0.1, 0.15) is 0 Å². The molecular weight excluding hydrogens is 450 g/mol. The molecule has 0 aliphatic heterocycles. The maximum Gasteiger partial charge on any atom is 0.338 e. The Morgan fingerprint density at radius 2 is 1.87 bits per heavy atom. The zero-order chi connectivity index (χ0) is 21.8. The molecule has 0 atom stereocenters. The Morgan fingerprint density at radius 3 is 2.53 bits per heavy atom. The van der Waals surface area contributed by atoms with E-state index in [9.17, 15) is 9.59 Å². The van der Waals surface area contributed by atoms with Crippen LogP contribution in [0, 0.1) is 20.8 Å². The summed E-state index contributed by atoms with van der Waals surface area (Å²) in [6.45, 7) is 6.57. The number of carbonyl (C=O) groups is 2. The topological polar surface area (TPSA) is 91.0 Å². The molecule has 30 heavy (non-hydrogen) atoms. The number of nitrogens with one attached hydrogen (secondary N) is 1. The highest BCUT2D eigenvalue weighted by molar-refractivity contribution is 9.10. The SMILES string of the molecule is COC(=O)c1ccccc1Cn1nc(C)c(NC(=O)CCn2ncc(Br)c2C)c1C. The first-order valence-electron chi connectivity index (χ1n) is 9.49. The van der Waals surface area contributed by atoms with Crippen LogP contribution in [0.25, 0.3) is 0 Å². The first kappa shape index (κ1) is 21.8. The molecular formula is C21H24BrN5O3. The number of rotatable bonds is 7. The molecule has 2 heterocycles. The van der Waals surface area contributed by atoms with Crippen LogP contribution in [0.4, 0.5) is 5.69 Å². The third-order valence-corrected chi connectivity index (χ3v) is 5.76. The molecule has 0 fully saturated rings. The Kier molecular flexibility index (Phi) is 6.71. The van der Waals surface area contributed by atoms with Crippen LogP contribution in [0.2, 0.25) is 0 Å². The fraction of sp³-hybridized carbons (Fsp3) is 0.333. The van der Waals surface area contributed by atoms with Crippen LogP contribution in [0.15, 0.2) is 34.9 Å². The molecule has 0 aliphatic carbocycles. The third-order valence-electron chi connectivity index (χ3n) is 4.98. The number of nitrogens with zero attached hydrogens (tertiary/aromatic N) is 4. The van der Waals surface area contributed by atoms with Gasteiger partial charge in [-0.05, 0) is 48.3 Å². The molecule has 2 aromatic heterocycles. The highest BCUT2D eigenvalue weighted by atomic mass is 79.9. The first-order chi connectivity index (χ1) is 14.3. The summed E-state index contributed by atoms with van der Waals surface area (Å²) < 4.78 is 9.35. The van der Waals surface area contributed by atoms with E-state index in [2.05, 4.69) is 31.4 Å². The lowest BCUT2D eigenvalue weighted by atomic mass is 10.1. The molecule has 0 aliphatic rings. The van der Waals surface area contributed by atoms with Crippen LogP contribution < -0.4 is 5.32 Å². The van der Waals surface area contributed by atoms with Crippen LogP contribution >= 0.6 is 15.9 Å². The lowest BCUT2D eigenvalue weighted by Gasteiger charge is -2.10. The lowest BCUT2D eigenvalue weighted by molar-refractivity contribution is -0.116. The highest BCUT2D eigenvalue weighted by Crippen LogP contribution is 2.22. The van der Waals surface area contributed by atoms with Crippen LogP contribution in [-0.4, -0.2) is 38.5 Å². The van der Waals surface area contributed by atoms with Crippen LogP contribution in [0.3, 0.4) is 0 Å². The van der Waals surface area contributed by atoms with E-state index in [-0.39, 0.29) is 11.9 Å². The number of amides is 1. The van der Waals surface area contributed by atoms with Crippen LogP contribution in [0.1, 0.15) is 39.4 Å². The number of hydrogen-bond acceptors (Lipinski definition) is 5. The standard InChI is InChI=1S/C21H24BrN5O3/c1-13-20(24-19(28)9-10-26-14(2)18(22)11-23-26)15(3)27(25-13)12-16-7-5-6-8-17(16)21(29)30-4/h5-8,11H,9-10,12H2,1-4H3,(H,24,28). The fourth-order valence-electron chi connectivity index (χ4n) is 3.22. The van der Waals surface area contributed by atoms with E-state index >= 15 is 0 Å². The molecule has 3 aromatic rings. The fourth-order valence-corrected chi connectivity index (χ4v) is 3.52. The van der Waals surface area contributed by atoms with Crippen molar-refractivity contribution >= 4 is 33.5 Å². The van der Waals surface area contributed by atoms with Crippen molar-refractivity contribution in [2.75, 3.05) is 12.4 Å². The van der Waals surface area contributed by atoms with Crippen molar-refractivity contribution in [3.63, 3.8) is 0 Å². The minimum atomic E-state index is -0.388. The second-order valence-electron chi connectivity index (χ2n) is 6.95. The van der Waals surface area contributed by atoms with Crippen molar-refractivity contribution < 1.29 is 14.3 Å². The summed E-state index contributed by atoms with van der Waals surface area (Å²) in [5.41, 5.74) is 4.50. The average Bonchev–Trinajstić information content (AvgIpc) is 3.19. The molecule has 158 valence electrons. The van der Waals surface area contributed by atoms with E-state index in [4.69, 9.17) is 4.74 Å². The molecule has 9 heteroatoms. The molecule has 0 spiro atoms. The van der Waals surface area contributed by atoms with Crippen molar-refractivity contribution in [3.05, 3.63) is 63.1 Å². The third kappa shape index (κ3) is 4.62. The second-order valence-corrected chi connectivity index (χ2v) is 7.81. The summed E-state index contributed by atoms with van der Waals surface area (Å²) >= 11 is 3.42. The maximum atomic E-state index is 12.5. The number of aromatic nitrogens is 4. The van der Waals surface area contributed by atoms with Crippen molar-refractivity contribution in [3.8, 4) is 0 Å². The molecule has 0 saturated heterocycles. The predicted molar refractivity (Wildman–Crippen MR) is 116 cm³/mol. The predicted octanol–water partition coefficient (Wildman–Crippen LogP) is 3.63. The van der Waals surface area contributed by atoms with Crippen molar-refractivity contribution in [2.24, 2.45) is 0 Å². The summed E-state index contributed by atoms with van der Waals surface area (Å²) in [5.74, 6) is -0.497. The molecule has 0 bridgehead atoms. The largest absolute Gasteiger partial charge is 0.465 e. The Balaban J connectivity index is 1.72. The lowest BCUT2D eigenvalue weighted by Crippen LogP contribution is -2.16. The molecule has 1 aromatic carbocycles. The minimum absolute atomic E-state index is 0.110. The number of methoxy groups -OCH3 is 1. The van der Waals surface area contributed by atoms with E-state index in [0.717, 1.165) is 27.1 Å². The van der Waals surface area contributed by atoms with Crippen LogP contribution in [0.5, 0.6) is 0 Å². The molecule has 0 radical (unpaired) electrons. The summed E-state index contributed by atoms with van der Waals surface area (Å²) in [7, 11) is 1.36. The first-order valence-corrected chi connectivity index (χ1v) is 10.3. The Morgan fingerprint density at radius 1 is 1.13 bits per heavy atom. The normalized spacial score (nSPS) is 10.8. The number of halogens is 1. The van der Waals surface area contributed by atoms with Gasteiger partial charge in [-0.3, -0.25) is 14.2 Å². The number of ether oxygens (including phenoxy) is 1. The van der Waals surface area contributed by atoms with Crippen molar-refractivity contribution in [1.29, 1.82) is 0 Å². The van der Waals surface area contributed by atoms with E-state index < -0.39 is 0 Å². The monoisotopic (exact) mass is 473 g/mol. The van der Waals surface area contributed by atoms with Gasteiger partial charge < -0.3 is 10.1 Å². The molecule has 3 rings (SSSR count). The number of benzene rings is 1. The van der Waals surface area contributed by atoms with E-state index in [1.807, 2.05) is 32.9 Å². The van der Waals surface area contributed by atoms with Crippen LogP contribution in [-0.2, 0) is 22.6 Å². The Labute approximate surface area is 183 Å². The van der Waals surface area contributed by atoms with Gasteiger partial charge in [0.2, 0.25) is 5.91 Å². The van der Waals surface area contributed by atoms with Gasteiger partial charge in [0.25, 0.3) is 0 Å². The van der Waals surface area contributed by atoms with Gasteiger partial charge in [0.15, 0.2) is 0 Å². The zero-order valence-electron chi connectivity index (χ0n) is 17.4. The summed E-state index contributed by atoms with van der Waals surface area (Å²) in [5, 5.41) is 11.8. The second kappa shape index (κ2) is 9.25. The highest BCUT2D eigenvalue weighted by Gasteiger charge is 2.17. The number of carbonyl (C=O) groups excluding carboxylic acids is 2. The number of aryl methyl sites for hydroxylation is 2. The molecule has 1 amide bonds. The number of esters is 1. The smallest absolute Gasteiger partial charge is 0.338 e. The Hall–Kier alpha value is -2.94. The molecule has 0 saturated carbocycles. The zero-order valence-corrected chi connectivity index (χ0v) is 19.0. The van der Waals surface area contributed by atoms with E-state index in [1.54, 1.807) is 27.7 Å². The minimum Gasteiger partial charge on any atom is -0.465 e. The number of anilines is 1. The van der Waals surface area contributed by atoms with Gasteiger partial charge in [-0.25, -0.2) is 4.79 Å². The van der Waals surface area contributed by atoms with E-state index in [1.165, 1.54) is 7.11 Å². The number of hydrogen-bond donors (Lipinski definition) is 1. The van der Waals surface area contributed by atoms with Gasteiger partial charge in [0.05, 0.1) is 53.5 Å². The summed E-state index contributed by atoms with van der Waals surface area (Å²) in [6, 6.07) is 7.25. The molecule has 1 N–H and O–H groups in total. The van der Waals surface area contributed by atoms with Crippen molar-refractivity contribution in [1.82, 2.24) is 19.6 Å². The van der Waals surface area contributed by atoms with E-state index in [0.29, 0.717) is 30.8 Å².